The van der Waals surface area contributed by atoms with E-state index in [1.54, 1.807) is 47.3 Å². The predicted octanol–water partition coefficient (Wildman–Crippen LogP) is 14.4. The van der Waals surface area contributed by atoms with Crippen LogP contribution >= 0.6 is 0 Å². The topological polar surface area (TPSA) is 359 Å². The number of nitrogens with one attached hydrogen (secondary N) is 3. The smallest absolute Gasteiger partial charge is 0.278 e. The number of ether oxygens (including phenoxy) is 4. The van der Waals surface area contributed by atoms with Crippen molar-refractivity contribution in [3.05, 3.63) is 232 Å². The van der Waals surface area contributed by atoms with E-state index >= 15 is 0 Å². The SMILES string of the molecule is NC1(CCn2ccc3cc(Nc4ncc5c(=O)n6n(c5n4)-c4ccc5c(c4)N(CCCC=CC6)C(=O)CO5)ccc32)CCC1.NC1(CCn2ccc3cc(Nc4ncc5c(=O)n6n(c5n4)-c4ccc5c(c4)N(CCCC=CC6)C(=O)CO5)ccc32)CCCC1.O=C1COc2ccc3cc2N1CCCC=CCn1c(=O)c2cnc(Nc4ccc5c(ccn5C5CCOCC5)c4)nc2n1-3. The number of nitrogens with two attached hydrogens (primary N) is 2. The Labute approximate surface area is 756 Å². The van der Waals surface area contributed by atoms with Crippen LogP contribution in [0.5, 0.6) is 17.2 Å². The van der Waals surface area contributed by atoms with Crippen LogP contribution < -0.4 is 73.0 Å². The molecule has 9 aromatic heterocycles. The molecule has 16 heterocycles. The number of rotatable bonds is 13. The number of aryl methyl sites for hydroxylation is 2. The summed E-state index contributed by atoms with van der Waals surface area (Å²) in [6.45, 7) is 6.39. The van der Waals surface area contributed by atoms with E-state index in [1.807, 2.05) is 105 Å². The van der Waals surface area contributed by atoms with E-state index in [1.165, 1.54) is 24.8 Å². The molecular formula is C99H101N23O10. The van der Waals surface area contributed by atoms with Crippen molar-refractivity contribution in [1.82, 2.24) is 71.7 Å². The van der Waals surface area contributed by atoms with Gasteiger partial charge in [0, 0.05) is 150 Å². The second kappa shape index (κ2) is 34.6. The van der Waals surface area contributed by atoms with Crippen LogP contribution in [0.3, 0.4) is 0 Å². The molecule has 3 fully saturated rings. The van der Waals surface area contributed by atoms with Crippen LogP contribution in [-0.4, -0.2) is 153 Å². The fourth-order valence-corrected chi connectivity index (χ4v) is 20.0. The zero-order chi connectivity index (χ0) is 89.3. The molecule has 6 aromatic carbocycles. The lowest BCUT2D eigenvalue weighted by molar-refractivity contribution is -0.122. The van der Waals surface area contributed by atoms with Crippen LogP contribution in [0.1, 0.15) is 115 Å². The van der Waals surface area contributed by atoms with Gasteiger partial charge in [-0.2, -0.15) is 15.0 Å². The van der Waals surface area contributed by atoms with Crippen LogP contribution in [0.2, 0.25) is 0 Å². The number of fused-ring (bicyclic) bond motifs is 18. The molecule has 2 aliphatic carbocycles. The molecule has 33 nitrogen and oxygen atoms in total. The van der Waals surface area contributed by atoms with Crippen LogP contribution in [-0.2, 0) is 51.8 Å². The first-order valence-corrected chi connectivity index (χ1v) is 45.9. The van der Waals surface area contributed by atoms with E-state index in [4.69, 9.17) is 45.4 Å². The highest BCUT2D eigenvalue weighted by Crippen LogP contribution is 2.42. The van der Waals surface area contributed by atoms with Crippen molar-refractivity contribution in [2.45, 2.75) is 159 Å². The van der Waals surface area contributed by atoms with Gasteiger partial charge in [-0.15, -0.1) is 0 Å². The minimum atomic E-state index is -0.181. The van der Waals surface area contributed by atoms with E-state index in [2.05, 4.69) is 136 Å². The Balaban J connectivity index is 0.000000116. The summed E-state index contributed by atoms with van der Waals surface area (Å²) in [6.07, 6.45) is 40.2. The van der Waals surface area contributed by atoms with Gasteiger partial charge >= 0.3 is 0 Å². The lowest BCUT2D eigenvalue weighted by atomic mass is 9.75. The maximum Gasteiger partial charge on any atom is 0.278 e. The number of aromatic nitrogens is 15. The van der Waals surface area contributed by atoms with Gasteiger partial charge in [-0.1, -0.05) is 49.3 Å². The number of carbonyl (C=O) groups is 3. The van der Waals surface area contributed by atoms with Gasteiger partial charge in [0.05, 0.1) is 53.8 Å². The number of amides is 3. The number of allylic oxidation sites excluding steroid dienone is 6. The zero-order valence-electron chi connectivity index (χ0n) is 73.1. The zero-order valence-corrected chi connectivity index (χ0v) is 73.1. The number of benzene rings is 6. The molecule has 33 heteroatoms. The summed E-state index contributed by atoms with van der Waals surface area (Å²) < 4.78 is 40.0. The molecular weight excluding hydrogens is 1670 g/mol. The number of anilines is 9. The Morgan fingerprint density at radius 3 is 1.14 bits per heavy atom. The summed E-state index contributed by atoms with van der Waals surface area (Å²) in [6, 6.07) is 42.4. The highest BCUT2D eigenvalue weighted by atomic mass is 16.5. The summed E-state index contributed by atoms with van der Waals surface area (Å²) in [5, 5.41) is 14.6. The molecule has 9 aliphatic rings. The molecule has 6 bridgehead atoms. The highest BCUT2D eigenvalue weighted by molar-refractivity contribution is 6.01. The van der Waals surface area contributed by atoms with E-state index in [0.717, 1.165) is 160 Å². The normalized spacial score (nSPS) is 17.5. The number of carbonyl (C=O) groups excluding carboxylic acids is 3. The van der Waals surface area contributed by atoms with Gasteiger partial charge in [-0.05, 0) is 224 Å². The summed E-state index contributed by atoms with van der Waals surface area (Å²) in [5.41, 5.74) is 24.2. The molecule has 672 valence electrons. The molecule has 0 radical (unpaired) electrons. The number of hydrogen-bond donors (Lipinski definition) is 5. The number of nitrogens with zero attached hydrogens (tertiary/aromatic N) is 18. The Hall–Kier alpha value is -14.7. The average molecular weight is 1770 g/mol. The van der Waals surface area contributed by atoms with Gasteiger partial charge in [0.15, 0.2) is 36.8 Å². The molecule has 1 saturated heterocycles. The first kappa shape index (κ1) is 82.9. The fourth-order valence-electron chi connectivity index (χ4n) is 20.0. The van der Waals surface area contributed by atoms with Crippen molar-refractivity contribution in [2.75, 3.05) is 83.3 Å². The molecule has 7 aliphatic heterocycles. The quantitative estimate of drug-likeness (QED) is 0.0669. The maximum absolute atomic E-state index is 13.6. The van der Waals surface area contributed by atoms with Crippen molar-refractivity contribution in [2.24, 2.45) is 11.5 Å². The standard InChI is InChI=1S/C34H36N8O3.C33H34N8O3.C32H31N7O4/c35-34(12-3-4-13-34)14-18-39-17-11-23-19-24(7-9-27(23)39)37-33-36-21-26-31(38-33)42-25-8-10-29-28(20-25)40(30(43)22-45-29)15-5-1-2-6-16-41(42)32(26)44;34-33(11-5-12-33)13-17-38-16-10-22-18-23(6-8-26(22)38)36-32-35-20-25-30(37-32)41-24-7-9-28-27(19-24)39(29(42)21-44-28)14-3-1-2-4-15-40(41)31(25)43;40-29-20-43-28-8-6-24-18-27(28)37(29)12-3-1-2-4-13-38-31(41)25-19-33-32(35-30(25)39(24)38)34-22-5-7-26-21(17-22)9-14-36(26)23-10-15-42-16-11-23/h2,6-11,17,19-21H,1,3-5,12-16,18,22,35H2,(H,36,37,38);2,4,6-10,16,18-20H,1,3,5,11-15,17,21,34H2,(H,35,36,37);2,4-9,14,17-19,23H,1,3,10-13,15-16,20H2,(H,33,34,35). The van der Waals surface area contributed by atoms with E-state index in [-0.39, 0.29) is 65.3 Å². The van der Waals surface area contributed by atoms with Gasteiger partial charge in [0.25, 0.3) is 34.4 Å². The van der Waals surface area contributed by atoms with E-state index in [0.29, 0.717) is 148 Å². The second-order valence-electron chi connectivity index (χ2n) is 35.8. The molecule has 0 atom stereocenters. The summed E-state index contributed by atoms with van der Waals surface area (Å²) in [5.74, 6) is 2.88. The van der Waals surface area contributed by atoms with Gasteiger partial charge in [-0.3, -0.25) is 28.8 Å². The molecule has 0 spiro atoms. The molecule has 3 amide bonds. The van der Waals surface area contributed by atoms with Crippen LogP contribution in [0.15, 0.2) is 215 Å². The van der Waals surface area contributed by atoms with E-state index < -0.39 is 0 Å². The molecule has 15 aromatic rings. The van der Waals surface area contributed by atoms with Crippen molar-refractivity contribution < 1.29 is 33.3 Å². The van der Waals surface area contributed by atoms with Crippen molar-refractivity contribution >= 4 is 135 Å². The second-order valence-corrected chi connectivity index (χ2v) is 35.8. The fraction of sp³-hybridized carbons (Fsp3) is 0.333. The highest BCUT2D eigenvalue weighted by Gasteiger charge is 2.35. The number of hydrogen-bond acceptors (Lipinski definition) is 21. The van der Waals surface area contributed by atoms with Gasteiger partial charge in [0.2, 0.25) is 17.8 Å². The van der Waals surface area contributed by atoms with Crippen LogP contribution in [0.4, 0.5) is 52.0 Å². The Morgan fingerprint density at radius 2 is 0.758 bits per heavy atom. The lowest BCUT2D eigenvalue weighted by Crippen LogP contribution is -2.47. The van der Waals surface area contributed by atoms with Crippen LogP contribution in [0.25, 0.3) is 82.9 Å². The molecule has 2 saturated carbocycles. The van der Waals surface area contributed by atoms with Crippen molar-refractivity contribution in [3.8, 4) is 34.3 Å². The molecule has 7 N–H and O–H groups in total. The molecule has 0 unspecified atom stereocenters. The van der Waals surface area contributed by atoms with E-state index in [9.17, 15) is 28.8 Å². The Morgan fingerprint density at radius 1 is 0.394 bits per heavy atom. The lowest BCUT2D eigenvalue weighted by Gasteiger charge is -2.38. The Kier molecular flexibility index (Phi) is 21.8. The third-order valence-electron chi connectivity index (χ3n) is 27.3. The average Bonchev–Trinajstić information content (AvgIpc) is 1.45. The van der Waals surface area contributed by atoms with Crippen LogP contribution in [0, 0.1) is 0 Å². The first-order chi connectivity index (χ1) is 64.5. The minimum Gasteiger partial charge on any atom is -0.482 e. The van der Waals surface area contributed by atoms with Gasteiger partial charge in [0.1, 0.15) is 33.4 Å². The van der Waals surface area contributed by atoms with Gasteiger partial charge in [-0.25, -0.2) is 43.0 Å². The molecule has 132 heavy (non-hydrogen) atoms. The third kappa shape index (κ3) is 15.8. The van der Waals surface area contributed by atoms with Crippen molar-refractivity contribution in [1.29, 1.82) is 0 Å². The molecule has 24 rings (SSSR count). The summed E-state index contributed by atoms with van der Waals surface area (Å²) in [7, 11) is 0. The van der Waals surface area contributed by atoms with Crippen molar-refractivity contribution in [3.63, 3.8) is 0 Å². The van der Waals surface area contributed by atoms with Gasteiger partial charge < -0.3 is 74.8 Å². The predicted molar refractivity (Wildman–Crippen MR) is 508 cm³/mol. The monoisotopic (exact) mass is 1770 g/mol. The first-order valence-electron chi connectivity index (χ1n) is 45.9. The largest absolute Gasteiger partial charge is 0.482 e. The summed E-state index contributed by atoms with van der Waals surface area (Å²) >= 11 is 0. The minimum absolute atomic E-state index is 0.0106. The summed E-state index contributed by atoms with van der Waals surface area (Å²) in [4.78, 5) is 113. The Bertz CT molecular complexity index is 7380. The maximum atomic E-state index is 13.6. The third-order valence-corrected chi connectivity index (χ3v) is 27.3.